The quantitative estimate of drug-likeness (QED) is 0.487. The maximum atomic E-state index is 9.00. The van der Waals surface area contributed by atoms with Crippen LogP contribution in [-0.2, 0) is 32.1 Å². The normalized spacial score (nSPS) is 3.57. The van der Waals surface area contributed by atoms with Crippen molar-refractivity contribution in [2.45, 2.75) is 6.92 Å². The minimum Gasteiger partial charge on any atom is -0.481 e. The number of carboxylic acids is 1. The molecule has 0 aliphatic rings. The Kier molecular flexibility index (Phi) is 61.6. The maximum absolute atomic E-state index is 9.00. The van der Waals surface area contributed by atoms with Crippen molar-refractivity contribution in [2.24, 2.45) is 0 Å². The summed E-state index contributed by atoms with van der Waals surface area (Å²) in [5, 5.41) is 7.42. The van der Waals surface area contributed by atoms with Crippen molar-refractivity contribution in [1.82, 2.24) is 0 Å². The average Bonchev–Trinajstić information content (AvgIpc) is 0.811. The molecule has 0 aromatic carbocycles. The third-order valence-corrected chi connectivity index (χ3v) is 0. The summed E-state index contributed by atoms with van der Waals surface area (Å²) in [5.41, 5.74) is 0. The third-order valence-electron chi connectivity index (χ3n) is 0. The molecule has 0 fully saturated rings. The summed E-state index contributed by atoms with van der Waals surface area (Å²) in [7, 11) is 0. The van der Waals surface area contributed by atoms with Crippen LogP contribution < -0.4 is 0 Å². The van der Waals surface area contributed by atoms with E-state index in [0.717, 1.165) is 6.92 Å². The largest absolute Gasteiger partial charge is 2.00 e. The molecule has 0 aromatic rings. The Balaban J connectivity index is -0.0000000150. The van der Waals surface area contributed by atoms with Gasteiger partial charge >= 0.3 is 27.3 Å². The van der Waals surface area contributed by atoms with Crippen LogP contribution >= 0.6 is 0 Å². The van der Waals surface area contributed by atoms with Gasteiger partial charge in [0.2, 0.25) is 0 Å². The molecule has 5 heteroatoms. The van der Waals surface area contributed by atoms with E-state index in [1.54, 1.807) is 0 Å². The summed E-state index contributed by atoms with van der Waals surface area (Å²) < 4.78 is 0. The second kappa shape index (κ2) is 16.2. The first kappa shape index (κ1) is 26.6. The minimum atomic E-state index is -0.833. The average molecular weight is 208 g/mol. The SMILES string of the molecule is CC(=O)O.O.O.[Cd+2]. The predicted molar refractivity (Wildman–Crippen MR) is 20.5 cm³/mol. The van der Waals surface area contributed by atoms with Crippen LogP contribution in [0.4, 0.5) is 0 Å². The summed E-state index contributed by atoms with van der Waals surface area (Å²) in [6, 6.07) is 0. The topological polar surface area (TPSA) is 100 Å². The molecule has 0 heterocycles. The first-order valence-corrected chi connectivity index (χ1v) is 0.928. The zero-order valence-corrected chi connectivity index (χ0v) is 8.10. The van der Waals surface area contributed by atoms with E-state index in [4.69, 9.17) is 9.90 Å². The van der Waals surface area contributed by atoms with Crippen LogP contribution in [0.3, 0.4) is 0 Å². The summed E-state index contributed by atoms with van der Waals surface area (Å²) in [5.74, 6) is -0.833. The van der Waals surface area contributed by atoms with Crippen LogP contribution in [-0.4, -0.2) is 22.0 Å². The van der Waals surface area contributed by atoms with Gasteiger partial charge in [-0.1, -0.05) is 0 Å². The molecule has 4 nitrogen and oxygen atoms in total. The second-order valence-electron chi connectivity index (χ2n) is 0.519. The van der Waals surface area contributed by atoms with Crippen LogP contribution in [0.15, 0.2) is 0 Å². The predicted octanol–water partition coefficient (Wildman–Crippen LogP) is -1.56. The Morgan fingerprint density at radius 1 is 1.43 bits per heavy atom. The van der Waals surface area contributed by atoms with Crippen molar-refractivity contribution in [1.29, 1.82) is 0 Å². The molecule has 0 saturated heterocycles. The number of hydrogen-bond acceptors (Lipinski definition) is 1. The van der Waals surface area contributed by atoms with Crippen LogP contribution in [0.2, 0.25) is 0 Å². The van der Waals surface area contributed by atoms with Gasteiger partial charge in [0.1, 0.15) is 0 Å². The molecule has 0 aromatic heterocycles. The Labute approximate surface area is 61.3 Å². The van der Waals surface area contributed by atoms with Crippen molar-refractivity contribution in [3.63, 3.8) is 0 Å². The fourth-order valence-corrected chi connectivity index (χ4v) is 0. The van der Waals surface area contributed by atoms with E-state index >= 15 is 0 Å². The van der Waals surface area contributed by atoms with Crippen LogP contribution in [0, 0.1) is 0 Å². The molecule has 0 radical (unpaired) electrons. The monoisotopic (exact) mass is 210 g/mol. The van der Waals surface area contributed by atoms with Crippen molar-refractivity contribution >= 4 is 5.97 Å². The summed E-state index contributed by atoms with van der Waals surface area (Å²) >= 11 is 0. The molecule has 40 valence electrons. The van der Waals surface area contributed by atoms with Gasteiger partial charge in [-0.2, -0.15) is 0 Å². The van der Waals surface area contributed by atoms with Crippen LogP contribution in [0.25, 0.3) is 0 Å². The van der Waals surface area contributed by atoms with Gasteiger partial charge in [0.05, 0.1) is 0 Å². The first-order chi connectivity index (χ1) is 1.73. The number of carbonyl (C=O) groups is 1. The Morgan fingerprint density at radius 2 is 1.43 bits per heavy atom. The van der Waals surface area contributed by atoms with Crippen LogP contribution in [0.1, 0.15) is 6.92 Å². The van der Waals surface area contributed by atoms with Gasteiger partial charge in [-0.3, -0.25) is 4.79 Å². The molecule has 5 N–H and O–H groups in total. The van der Waals surface area contributed by atoms with Crippen molar-refractivity contribution in [3.8, 4) is 0 Å². The smallest absolute Gasteiger partial charge is 0.481 e. The van der Waals surface area contributed by atoms with Gasteiger partial charge in [0, 0.05) is 6.92 Å². The second-order valence-corrected chi connectivity index (χ2v) is 0.519. The van der Waals surface area contributed by atoms with Crippen molar-refractivity contribution in [2.75, 3.05) is 0 Å². The fourth-order valence-electron chi connectivity index (χ4n) is 0. The van der Waals surface area contributed by atoms with Gasteiger partial charge in [0.15, 0.2) is 0 Å². The van der Waals surface area contributed by atoms with Crippen molar-refractivity contribution in [3.05, 3.63) is 0 Å². The van der Waals surface area contributed by atoms with Crippen LogP contribution in [0.5, 0.6) is 0 Å². The summed E-state index contributed by atoms with van der Waals surface area (Å²) in [6.07, 6.45) is 0. The van der Waals surface area contributed by atoms with E-state index < -0.39 is 5.97 Å². The van der Waals surface area contributed by atoms with Gasteiger partial charge in [-0.15, -0.1) is 0 Å². The zero-order chi connectivity index (χ0) is 3.58. The number of rotatable bonds is 0. The van der Waals surface area contributed by atoms with E-state index in [2.05, 4.69) is 0 Å². The zero-order valence-electron chi connectivity index (χ0n) is 4.06. The molecule has 0 aliphatic heterocycles. The standard InChI is InChI=1S/C2H4O2.Cd.2H2O/c1-2(3)4;;;/h1H3,(H,3,4);;2*1H2/q;+2;;. The molecule has 0 atom stereocenters. The minimum absolute atomic E-state index is 0. The van der Waals surface area contributed by atoms with Crippen molar-refractivity contribution < 1.29 is 48.2 Å². The first-order valence-electron chi connectivity index (χ1n) is 0.928. The Hall–Kier alpha value is 0.312. The Bertz CT molecular complexity index is 32.7. The summed E-state index contributed by atoms with van der Waals surface area (Å²) in [6.45, 7) is 1.08. The van der Waals surface area contributed by atoms with E-state index in [1.807, 2.05) is 0 Å². The molecule has 0 saturated carbocycles. The molecule has 0 aliphatic carbocycles. The van der Waals surface area contributed by atoms with Gasteiger partial charge < -0.3 is 16.1 Å². The molecule has 0 amide bonds. The van der Waals surface area contributed by atoms with E-state index in [9.17, 15) is 0 Å². The summed E-state index contributed by atoms with van der Waals surface area (Å²) in [4.78, 5) is 9.00. The van der Waals surface area contributed by atoms with E-state index in [-0.39, 0.29) is 38.3 Å². The molecular formula is C2H8CdO4+2. The molecule has 0 spiro atoms. The number of carboxylic acid groups (broad SMARTS) is 1. The number of aliphatic carboxylic acids is 1. The van der Waals surface area contributed by atoms with Gasteiger partial charge in [-0.25, -0.2) is 0 Å². The van der Waals surface area contributed by atoms with Gasteiger partial charge in [-0.05, 0) is 0 Å². The molecule has 0 unspecified atom stereocenters. The van der Waals surface area contributed by atoms with Gasteiger partial charge in [0.25, 0.3) is 5.97 Å². The molecular weight excluding hydrogens is 200 g/mol. The Morgan fingerprint density at radius 3 is 1.43 bits per heavy atom. The molecule has 7 heavy (non-hydrogen) atoms. The fraction of sp³-hybridized carbons (Fsp3) is 0.500. The number of hydrogen-bond donors (Lipinski definition) is 1. The van der Waals surface area contributed by atoms with E-state index in [1.165, 1.54) is 0 Å². The molecule has 0 rings (SSSR count). The third kappa shape index (κ3) is 1210. The van der Waals surface area contributed by atoms with E-state index in [0.29, 0.717) is 0 Å². The molecule has 0 bridgehead atoms. The maximum Gasteiger partial charge on any atom is 2.00 e.